The molecule has 0 bridgehead atoms. The minimum atomic E-state index is -4.04. The third kappa shape index (κ3) is 4.02. The Kier molecular flexibility index (Phi) is 5.31. The molecule has 1 amide bonds. The Hall–Kier alpha value is -2.68. The second-order valence-corrected chi connectivity index (χ2v) is 7.62. The van der Waals surface area contributed by atoms with Crippen LogP contribution in [0.25, 0.3) is 11.0 Å². The van der Waals surface area contributed by atoms with E-state index in [1.807, 2.05) is 31.2 Å². The lowest BCUT2D eigenvalue weighted by atomic mass is 10.1. The van der Waals surface area contributed by atoms with E-state index in [1.165, 1.54) is 18.3 Å². The molecule has 0 aliphatic carbocycles. The van der Waals surface area contributed by atoms with Gasteiger partial charge in [0.15, 0.2) is 0 Å². The van der Waals surface area contributed by atoms with Gasteiger partial charge in [0.25, 0.3) is 5.91 Å². The second-order valence-electron chi connectivity index (χ2n) is 5.68. The number of amides is 1. The van der Waals surface area contributed by atoms with E-state index in [4.69, 9.17) is 21.2 Å². The highest BCUT2D eigenvalue weighted by molar-refractivity contribution is 7.89. The SMILES string of the molecule is CCc1oc2ccccc2c1/C=N\NC(=O)c1ccc(Cl)c(S(N)(=O)=O)c1. The molecule has 3 aromatic rings. The molecule has 0 unspecified atom stereocenters. The van der Waals surface area contributed by atoms with Crippen LogP contribution in [0.5, 0.6) is 0 Å². The Bertz CT molecular complexity index is 1150. The van der Waals surface area contributed by atoms with Crippen LogP contribution >= 0.6 is 11.6 Å². The maximum atomic E-state index is 12.3. The summed E-state index contributed by atoms with van der Waals surface area (Å²) in [5.74, 6) is 0.149. The largest absolute Gasteiger partial charge is 0.460 e. The maximum Gasteiger partial charge on any atom is 0.271 e. The van der Waals surface area contributed by atoms with E-state index in [0.717, 1.165) is 28.4 Å². The predicted octanol–water partition coefficient (Wildman–Crippen LogP) is 3.06. The second kappa shape index (κ2) is 7.51. The summed E-state index contributed by atoms with van der Waals surface area (Å²) in [5.41, 5.74) is 3.93. The number of sulfonamides is 1. The minimum absolute atomic E-state index is 0.0602. The minimum Gasteiger partial charge on any atom is -0.460 e. The van der Waals surface area contributed by atoms with Crippen molar-refractivity contribution in [3.05, 3.63) is 64.4 Å². The first kappa shape index (κ1) is 19.1. The number of carbonyl (C=O) groups is 1. The zero-order chi connectivity index (χ0) is 19.6. The topological polar surface area (TPSA) is 115 Å². The average molecular weight is 406 g/mol. The highest BCUT2D eigenvalue weighted by Gasteiger charge is 2.16. The normalized spacial score (nSPS) is 12.0. The monoisotopic (exact) mass is 405 g/mol. The molecule has 0 spiro atoms. The van der Waals surface area contributed by atoms with Crippen LogP contribution in [0.3, 0.4) is 0 Å². The van der Waals surface area contributed by atoms with Gasteiger partial charge in [-0.05, 0) is 24.3 Å². The van der Waals surface area contributed by atoms with E-state index >= 15 is 0 Å². The van der Waals surface area contributed by atoms with Crippen molar-refractivity contribution in [2.75, 3.05) is 0 Å². The molecule has 0 fully saturated rings. The Morgan fingerprint density at radius 1 is 1.30 bits per heavy atom. The molecule has 0 saturated heterocycles. The quantitative estimate of drug-likeness (QED) is 0.501. The number of carbonyl (C=O) groups excluding carboxylic acids is 1. The van der Waals surface area contributed by atoms with Gasteiger partial charge in [-0.1, -0.05) is 36.7 Å². The number of furan rings is 1. The number of benzene rings is 2. The number of fused-ring (bicyclic) bond motifs is 1. The number of hydrogen-bond donors (Lipinski definition) is 2. The molecule has 27 heavy (non-hydrogen) atoms. The number of para-hydroxylation sites is 1. The molecule has 0 saturated carbocycles. The van der Waals surface area contributed by atoms with Gasteiger partial charge in [-0.3, -0.25) is 4.79 Å². The number of hydrazone groups is 1. The van der Waals surface area contributed by atoms with Crippen molar-refractivity contribution in [2.24, 2.45) is 10.2 Å². The molecule has 1 aromatic heterocycles. The van der Waals surface area contributed by atoms with Crippen molar-refractivity contribution in [2.45, 2.75) is 18.2 Å². The molecule has 3 rings (SSSR count). The number of primary sulfonamides is 1. The van der Waals surface area contributed by atoms with E-state index in [9.17, 15) is 13.2 Å². The predicted molar refractivity (Wildman–Crippen MR) is 103 cm³/mol. The number of halogens is 1. The third-order valence-electron chi connectivity index (χ3n) is 3.89. The maximum absolute atomic E-state index is 12.3. The number of nitrogens with two attached hydrogens (primary N) is 1. The summed E-state index contributed by atoms with van der Waals surface area (Å²) in [7, 11) is -4.04. The zero-order valence-corrected chi connectivity index (χ0v) is 15.8. The van der Waals surface area contributed by atoms with Gasteiger partial charge in [-0.25, -0.2) is 19.0 Å². The lowest BCUT2D eigenvalue weighted by Crippen LogP contribution is -2.19. The van der Waals surface area contributed by atoms with Gasteiger partial charge >= 0.3 is 0 Å². The van der Waals surface area contributed by atoms with Crippen LogP contribution in [-0.2, 0) is 16.4 Å². The number of rotatable bonds is 5. The molecule has 0 atom stereocenters. The van der Waals surface area contributed by atoms with Crippen molar-refractivity contribution in [1.29, 1.82) is 0 Å². The summed E-state index contributed by atoms with van der Waals surface area (Å²) < 4.78 is 28.8. The number of nitrogens with zero attached hydrogens (tertiary/aromatic N) is 1. The van der Waals surface area contributed by atoms with Crippen molar-refractivity contribution in [3.63, 3.8) is 0 Å². The first-order valence-electron chi connectivity index (χ1n) is 7.97. The van der Waals surface area contributed by atoms with E-state index in [-0.39, 0.29) is 15.5 Å². The van der Waals surface area contributed by atoms with E-state index < -0.39 is 15.9 Å². The van der Waals surface area contributed by atoms with Crippen LogP contribution < -0.4 is 10.6 Å². The summed E-state index contributed by atoms with van der Waals surface area (Å²) in [4.78, 5) is 11.9. The smallest absolute Gasteiger partial charge is 0.271 e. The number of hydrogen-bond acceptors (Lipinski definition) is 5. The molecule has 1 heterocycles. The molecule has 0 aliphatic heterocycles. The van der Waals surface area contributed by atoms with Gasteiger partial charge in [-0.2, -0.15) is 5.10 Å². The van der Waals surface area contributed by atoms with Gasteiger partial charge in [0.05, 0.1) is 11.2 Å². The van der Waals surface area contributed by atoms with Crippen LogP contribution in [0.2, 0.25) is 5.02 Å². The summed E-state index contributed by atoms with van der Waals surface area (Å²) in [6.45, 7) is 1.95. The summed E-state index contributed by atoms with van der Waals surface area (Å²) in [6, 6.07) is 11.3. The van der Waals surface area contributed by atoms with Crippen molar-refractivity contribution in [1.82, 2.24) is 5.43 Å². The summed E-state index contributed by atoms with van der Waals surface area (Å²) in [5, 5.41) is 9.88. The molecule has 0 aliphatic rings. The third-order valence-corrected chi connectivity index (χ3v) is 5.28. The lowest BCUT2D eigenvalue weighted by molar-refractivity contribution is 0.0955. The van der Waals surface area contributed by atoms with Crippen molar-refractivity contribution < 1.29 is 17.6 Å². The Balaban J connectivity index is 1.85. The van der Waals surface area contributed by atoms with Gasteiger partial charge < -0.3 is 4.42 Å². The lowest BCUT2D eigenvalue weighted by Gasteiger charge is -2.05. The number of nitrogens with one attached hydrogen (secondary N) is 1. The molecule has 140 valence electrons. The van der Waals surface area contributed by atoms with Crippen LogP contribution in [0.15, 0.2) is 56.9 Å². The molecule has 0 radical (unpaired) electrons. The summed E-state index contributed by atoms with van der Waals surface area (Å²) in [6.07, 6.45) is 2.16. The Labute approximate surface area is 160 Å². The fourth-order valence-corrected chi connectivity index (χ4v) is 3.67. The van der Waals surface area contributed by atoms with Crippen LogP contribution in [0.4, 0.5) is 0 Å². The van der Waals surface area contributed by atoms with Crippen LogP contribution in [0.1, 0.15) is 28.6 Å². The van der Waals surface area contributed by atoms with Gasteiger partial charge in [0, 0.05) is 22.9 Å². The highest BCUT2D eigenvalue weighted by atomic mass is 35.5. The van der Waals surface area contributed by atoms with Gasteiger partial charge in [0.2, 0.25) is 10.0 Å². The van der Waals surface area contributed by atoms with Gasteiger partial charge in [-0.15, -0.1) is 0 Å². The van der Waals surface area contributed by atoms with Gasteiger partial charge in [0.1, 0.15) is 16.2 Å². The Morgan fingerprint density at radius 3 is 2.74 bits per heavy atom. The van der Waals surface area contributed by atoms with Crippen molar-refractivity contribution >= 4 is 44.7 Å². The number of aryl methyl sites for hydroxylation is 1. The van der Waals surface area contributed by atoms with E-state index in [0.29, 0.717) is 6.42 Å². The highest BCUT2D eigenvalue weighted by Crippen LogP contribution is 2.25. The van der Waals surface area contributed by atoms with Crippen LogP contribution in [0, 0.1) is 0 Å². The molecule has 9 heteroatoms. The molecule has 2 aromatic carbocycles. The molecular formula is C18H16ClN3O4S. The van der Waals surface area contributed by atoms with E-state index in [2.05, 4.69) is 10.5 Å². The standard InChI is InChI=1S/C18H16ClN3O4S/c1-2-15-13(12-5-3-4-6-16(12)26-15)10-21-22-18(23)11-7-8-14(19)17(9-11)27(20,24)25/h3-10H,2H2,1H3,(H,22,23)(H2,20,24,25)/b21-10-. The molecular weight excluding hydrogens is 390 g/mol. The van der Waals surface area contributed by atoms with Crippen molar-refractivity contribution in [3.8, 4) is 0 Å². The fourth-order valence-electron chi connectivity index (χ4n) is 2.60. The molecule has 3 N–H and O–H groups in total. The molecule has 7 nitrogen and oxygen atoms in total. The summed E-state index contributed by atoms with van der Waals surface area (Å²) >= 11 is 5.82. The zero-order valence-electron chi connectivity index (χ0n) is 14.3. The Morgan fingerprint density at radius 2 is 2.04 bits per heavy atom. The first-order valence-corrected chi connectivity index (χ1v) is 9.90. The average Bonchev–Trinajstić information content (AvgIpc) is 2.99. The fraction of sp³-hybridized carbons (Fsp3) is 0.111. The first-order chi connectivity index (χ1) is 12.8. The van der Waals surface area contributed by atoms with E-state index in [1.54, 1.807) is 0 Å². The van der Waals surface area contributed by atoms with Crippen LogP contribution in [-0.4, -0.2) is 20.5 Å².